The summed E-state index contributed by atoms with van der Waals surface area (Å²) < 4.78 is 44.1. The summed E-state index contributed by atoms with van der Waals surface area (Å²) in [4.78, 5) is 6.27. The van der Waals surface area contributed by atoms with Crippen LogP contribution in [0.25, 0.3) is 22.5 Å². The SMILES string of the molecule is CC[C@@H]1CCC[C@H](C(F)(F)F)[C@H](N(c2cnc(-c3ccc(-c4cnn(C)c4)cc3O)nn2)C2CC2)C1. The van der Waals surface area contributed by atoms with Crippen molar-refractivity contribution in [2.45, 2.75) is 70.1 Å². The van der Waals surface area contributed by atoms with Gasteiger partial charge in [-0.2, -0.15) is 18.3 Å². The van der Waals surface area contributed by atoms with Gasteiger partial charge in [0.2, 0.25) is 0 Å². The Morgan fingerprint density at radius 3 is 2.47 bits per heavy atom. The molecule has 0 aliphatic heterocycles. The van der Waals surface area contributed by atoms with Crippen LogP contribution < -0.4 is 4.90 Å². The van der Waals surface area contributed by atoms with Crippen LogP contribution >= 0.6 is 0 Å². The predicted molar refractivity (Wildman–Crippen MR) is 130 cm³/mol. The smallest absolute Gasteiger partial charge is 0.393 e. The Morgan fingerprint density at radius 2 is 1.89 bits per heavy atom. The normalized spacial score (nSPS) is 22.9. The van der Waals surface area contributed by atoms with Gasteiger partial charge in [-0.25, -0.2) is 4.98 Å². The highest BCUT2D eigenvalue weighted by atomic mass is 19.4. The van der Waals surface area contributed by atoms with Crippen molar-refractivity contribution in [2.24, 2.45) is 18.9 Å². The molecular formula is C26H31F3N6O. The number of anilines is 1. The minimum Gasteiger partial charge on any atom is -0.507 e. The highest BCUT2D eigenvalue weighted by Crippen LogP contribution is 2.45. The lowest BCUT2D eigenvalue weighted by Gasteiger charge is -2.38. The van der Waals surface area contributed by atoms with Gasteiger partial charge in [0.25, 0.3) is 0 Å². The molecular weight excluding hydrogens is 469 g/mol. The Labute approximate surface area is 208 Å². The Kier molecular flexibility index (Phi) is 6.61. The summed E-state index contributed by atoms with van der Waals surface area (Å²) in [5.41, 5.74) is 2.07. The fourth-order valence-electron chi connectivity index (χ4n) is 5.46. The van der Waals surface area contributed by atoms with E-state index in [1.54, 1.807) is 23.0 Å². The van der Waals surface area contributed by atoms with E-state index in [0.717, 1.165) is 36.8 Å². The molecule has 36 heavy (non-hydrogen) atoms. The van der Waals surface area contributed by atoms with E-state index in [2.05, 4.69) is 27.2 Å². The van der Waals surface area contributed by atoms with Crippen molar-refractivity contribution < 1.29 is 18.3 Å². The third-order valence-electron chi connectivity index (χ3n) is 7.55. The Balaban J connectivity index is 1.44. The van der Waals surface area contributed by atoms with Crippen molar-refractivity contribution in [3.05, 3.63) is 36.8 Å². The number of phenolic OH excluding ortho intramolecular Hbond substituents is 1. The van der Waals surface area contributed by atoms with E-state index >= 15 is 0 Å². The molecule has 0 bridgehead atoms. The Morgan fingerprint density at radius 1 is 1.08 bits per heavy atom. The zero-order chi connectivity index (χ0) is 25.4. The van der Waals surface area contributed by atoms with Crippen LogP contribution in [0.4, 0.5) is 19.0 Å². The first kappa shape index (κ1) is 24.5. The van der Waals surface area contributed by atoms with E-state index in [9.17, 15) is 18.3 Å². The van der Waals surface area contributed by atoms with Gasteiger partial charge < -0.3 is 10.0 Å². The average molecular weight is 501 g/mol. The summed E-state index contributed by atoms with van der Waals surface area (Å²) in [5.74, 6) is -0.524. The van der Waals surface area contributed by atoms with Crippen LogP contribution in [-0.4, -0.2) is 48.3 Å². The Hall–Kier alpha value is -3.17. The monoisotopic (exact) mass is 500 g/mol. The third kappa shape index (κ3) is 5.03. The number of hydrogen-bond donors (Lipinski definition) is 1. The van der Waals surface area contributed by atoms with Gasteiger partial charge in [-0.15, -0.1) is 10.2 Å². The molecule has 1 N–H and O–H groups in total. The summed E-state index contributed by atoms with van der Waals surface area (Å²) >= 11 is 0. The predicted octanol–water partition coefficient (Wildman–Crippen LogP) is 5.76. The largest absolute Gasteiger partial charge is 0.507 e. The summed E-state index contributed by atoms with van der Waals surface area (Å²) in [6.07, 6.45) is 5.42. The van der Waals surface area contributed by atoms with E-state index in [1.165, 1.54) is 6.20 Å². The van der Waals surface area contributed by atoms with E-state index < -0.39 is 18.1 Å². The molecule has 1 aromatic carbocycles. The number of hydrogen-bond acceptors (Lipinski definition) is 6. The summed E-state index contributed by atoms with van der Waals surface area (Å²) in [6, 6.07) is 4.53. The maximum atomic E-state index is 14.1. The number of rotatable bonds is 6. The zero-order valence-electron chi connectivity index (χ0n) is 20.5. The molecule has 2 aliphatic rings. The molecule has 0 radical (unpaired) electrons. The second-order valence-electron chi connectivity index (χ2n) is 10.1. The molecule has 2 aromatic heterocycles. The van der Waals surface area contributed by atoms with Crippen LogP contribution in [-0.2, 0) is 7.05 Å². The molecule has 2 heterocycles. The third-order valence-corrected chi connectivity index (χ3v) is 7.55. The quantitative estimate of drug-likeness (QED) is 0.434. The Bertz CT molecular complexity index is 1190. The molecule has 0 saturated heterocycles. The zero-order valence-corrected chi connectivity index (χ0v) is 20.5. The van der Waals surface area contributed by atoms with Gasteiger partial charge in [0, 0.05) is 30.9 Å². The summed E-state index contributed by atoms with van der Waals surface area (Å²) in [6.45, 7) is 2.05. The van der Waals surface area contributed by atoms with Crippen LogP contribution in [0.15, 0.2) is 36.8 Å². The van der Waals surface area contributed by atoms with Crippen molar-refractivity contribution in [3.63, 3.8) is 0 Å². The minimum atomic E-state index is -4.26. The van der Waals surface area contributed by atoms with E-state index in [0.29, 0.717) is 24.2 Å². The molecule has 0 spiro atoms. The number of alkyl halides is 3. The molecule has 0 amide bonds. The fourth-order valence-corrected chi connectivity index (χ4v) is 5.46. The van der Waals surface area contributed by atoms with Crippen molar-refractivity contribution >= 4 is 5.82 Å². The van der Waals surface area contributed by atoms with E-state index in [1.807, 2.05) is 24.2 Å². The summed E-state index contributed by atoms with van der Waals surface area (Å²) in [5, 5.41) is 23.4. The molecule has 2 aliphatic carbocycles. The first-order valence-electron chi connectivity index (χ1n) is 12.6. The molecule has 10 heteroatoms. The van der Waals surface area contributed by atoms with Crippen LogP contribution in [0.2, 0.25) is 0 Å². The van der Waals surface area contributed by atoms with E-state index in [4.69, 9.17) is 0 Å². The number of aromatic hydroxyl groups is 1. The van der Waals surface area contributed by atoms with Crippen LogP contribution in [0.3, 0.4) is 0 Å². The molecule has 2 fully saturated rings. The lowest BCUT2D eigenvalue weighted by molar-refractivity contribution is -0.182. The first-order valence-corrected chi connectivity index (χ1v) is 12.6. The number of nitrogens with zero attached hydrogens (tertiary/aromatic N) is 6. The van der Waals surface area contributed by atoms with Crippen LogP contribution in [0, 0.1) is 11.8 Å². The van der Waals surface area contributed by atoms with Gasteiger partial charge in [-0.3, -0.25) is 4.68 Å². The number of aryl methyl sites for hydroxylation is 1. The van der Waals surface area contributed by atoms with Gasteiger partial charge in [0.1, 0.15) is 5.75 Å². The maximum Gasteiger partial charge on any atom is 0.393 e. The van der Waals surface area contributed by atoms with Crippen LogP contribution in [0.5, 0.6) is 5.75 Å². The molecule has 3 atom stereocenters. The van der Waals surface area contributed by atoms with Gasteiger partial charge in [-0.05, 0) is 49.3 Å². The topological polar surface area (TPSA) is 80.0 Å². The number of aromatic nitrogens is 5. The molecule has 3 aromatic rings. The minimum absolute atomic E-state index is 0.00311. The van der Waals surface area contributed by atoms with Crippen molar-refractivity contribution in [1.29, 1.82) is 0 Å². The van der Waals surface area contributed by atoms with Gasteiger partial charge in [0.15, 0.2) is 11.6 Å². The molecule has 7 nitrogen and oxygen atoms in total. The molecule has 5 rings (SSSR count). The van der Waals surface area contributed by atoms with Gasteiger partial charge in [0.05, 0.1) is 23.9 Å². The second-order valence-corrected chi connectivity index (χ2v) is 10.1. The van der Waals surface area contributed by atoms with Crippen molar-refractivity contribution in [3.8, 4) is 28.3 Å². The highest BCUT2D eigenvalue weighted by molar-refractivity contribution is 5.72. The number of benzene rings is 1. The number of halogens is 3. The fraction of sp³-hybridized carbons (Fsp3) is 0.538. The second kappa shape index (κ2) is 9.71. The van der Waals surface area contributed by atoms with Gasteiger partial charge in [-0.1, -0.05) is 32.3 Å². The standard InChI is InChI=1S/C26H31F3N6O/c1-3-16-5-4-6-21(26(27,28)29)22(11-16)35(19-8-9-19)24-14-30-25(33-32-24)20-10-7-17(12-23(20)36)18-13-31-34(2)15-18/h7,10,12-16,19,21-22,36H,3-6,8-9,11H2,1-2H3/t16-,21+,22-/m1/s1. The van der Waals surface area contributed by atoms with Crippen molar-refractivity contribution in [1.82, 2.24) is 25.0 Å². The lowest BCUT2D eigenvalue weighted by atomic mass is 9.89. The van der Waals surface area contributed by atoms with Crippen LogP contribution in [0.1, 0.15) is 51.9 Å². The molecule has 0 unspecified atom stereocenters. The molecule has 192 valence electrons. The first-order chi connectivity index (χ1) is 17.2. The van der Waals surface area contributed by atoms with Gasteiger partial charge >= 0.3 is 6.18 Å². The summed E-state index contributed by atoms with van der Waals surface area (Å²) in [7, 11) is 1.82. The average Bonchev–Trinajstić information content (AvgIpc) is 3.62. The highest BCUT2D eigenvalue weighted by Gasteiger charge is 2.50. The molecule has 2 saturated carbocycles. The van der Waals surface area contributed by atoms with E-state index in [-0.39, 0.29) is 30.0 Å². The number of phenols is 1. The van der Waals surface area contributed by atoms with Crippen molar-refractivity contribution in [2.75, 3.05) is 4.90 Å². The lowest BCUT2D eigenvalue weighted by Crippen LogP contribution is -2.48. The maximum absolute atomic E-state index is 14.1.